The minimum absolute atomic E-state index is 0.0470. The van der Waals surface area contributed by atoms with E-state index in [0.717, 1.165) is 11.3 Å². The van der Waals surface area contributed by atoms with E-state index < -0.39 is 12.1 Å². The van der Waals surface area contributed by atoms with Crippen LogP contribution in [0.3, 0.4) is 0 Å². The minimum Gasteiger partial charge on any atom is -0.493 e. The number of benzene rings is 1. The highest BCUT2D eigenvalue weighted by atomic mass is 16.5. The third-order valence-electron chi connectivity index (χ3n) is 6.84. The molecule has 5 amide bonds. The van der Waals surface area contributed by atoms with Crippen molar-refractivity contribution in [1.82, 2.24) is 25.8 Å². The maximum atomic E-state index is 13.7. The van der Waals surface area contributed by atoms with Crippen molar-refractivity contribution in [2.45, 2.75) is 76.7 Å². The van der Waals surface area contributed by atoms with Gasteiger partial charge in [-0.3, -0.25) is 14.4 Å². The molecule has 4 atom stereocenters. The van der Waals surface area contributed by atoms with Crippen LogP contribution in [0, 0.1) is 0 Å². The second-order valence-corrected chi connectivity index (χ2v) is 9.82. The SMILES string of the molecule is CC(=O)N[C@H]1CN(C(=O)NC(C)C)CC[C@H]2CC[C@@H](C(=O)N[C@@H]3CCOc4ccccc43)N2C1=O. The Morgan fingerprint density at radius 3 is 2.54 bits per heavy atom. The van der Waals surface area contributed by atoms with Gasteiger partial charge in [0.2, 0.25) is 17.7 Å². The van der Waals surface area contributed by atoms with Crippen molar-refractivity contribution >= 4 is 23.8 Å². The van der Waals surface area contributed by atoms with Crippen molar-refractivity contribution < 1.29 is 23.9 Å². The minimum atomic E-state index is -0.912. The highest BCUT2D eigenvalue weighted by Gasteiger charge is 2.45. The molecule has 1 aromatic carbocycles. The van der Waals surface area contributed by atoms with Crippen molar-refractivity contribution in [2.24, 2.45) is 0 Å². The Bertz CT molecular complexity index is 983. The summed E-state index contributed by atoms with van der Waals surface area (Å²) in [6.07, 6.45) is 2.44. The molecule has 3 N–H and O–H groups in total. The van der Waals surface area contributed by atoms with E-state index in [4.69, 9.17) is 4.74 Å². The smallest absolute Gasteiger partial charge is 0.317 e. The molecule has 0 saturated carbocycles. The van der Waals surface area contributed by atoms with E-state index in [1.54, 1.807) is 9.80 Å². The lowest BCUT2D eigenvalue weighted by Crippen LogP contribution is -2.62. The van der Waals surface area contributed by atoms with Crippen molar-refractivity contribution in [3.05, 3.63) is 29.8 Å². The van der Waals surface area contributed by atoms with Gasteiger partial charge in [0.1, 0.15) is 17.8 Å². The summed E-state index contributed by atoms with van der Waals surface area (Å²) in [5.74, 6) is -0.110. The number of urea groups is 1. The van der Waals surface area contributed by atoms with Crippen LogP contribution in [0.4, 0.5) is 4.79 Å². The maximum Gasteiger partial charge on any atom is 0.317 e. The average Bonchev–Trinajstić information content (AvgIpc) is 3.22. The van der Waals surface area contributed by atoms with E-state index >= 15 is 0 Å². The lowest BCUT2D eigenvalue weighted by Gasteiger charge is -2.39. The summed E-state index contributed by atoms with van der Waals surface area (Å²) in [6.45, 7) is 6.09. The number of rotatable bonds is 4. The molecule has 3 aliphatic heterocycles. The van der Waals surface area contributed by atoms with Crippen LogP contribution in [0.5, 0.6) is 5.75 Å². The van der Waals surface area contributed by atoms with Gasteiger partial charge in [0.05, 0.1) is 19.2 Å². The lowest BCUT2D eigenvalue weighted by atomic mass is 10.00. The summed E-state index contributed by atoms with van der Waals surface area (Å²) in [5.41, 5.74) is 0.934. The second kappa shape index (κ2) is 10.5. The number of carbonyl (C=O) groups excluding carboxylic acids is 4. The van der Waals surface area contributed by atoms with Crippen molar-refractivity contribution in [1.29, 1.82) is 0 Å². The summed E-state index contributed by atoms with van der Waals surface area (Å²) in [5, 5.41) is 8.70. The summed E-state index contributed by atoms with van der Waals surface area (Å²) < 4.78 is 5.71. The molecule has 3 aliphatic rings. The molecule has 0 aliphatic carbocycles. The fourth-order valence-corrected chi connectivity index (χ4v) is 5.27. The maximum absolute atomic E-state index is 13.7. The number of nitrogens with one attached hydrogen (secondary N) is 3. The molecular weight excluding hydrogens is 450 g/mol. The second-order valence-electron chi connectivity index (χ2n) is 9.82. The standard InChI is InChI=1S/C25H35N5O5/c1-15(2)26-25(34)29-12-10-17-8-9-21(30(17)24(33)20(14-29)27-16(3)31)23(32)28-19-11-13-35-22-7-5-4-6-18(19)22/h4-7,15,17,19-21H,8-14H2,1-3H3,(H,26,34)(H,27,31)(H,28,32)/t17-,19-,20+,21+/m1/s1. The van der Waals surface area contributed by atoms with Gasteiger partial charge < -0.3 is 30.5 Å². The Morgan fingerprint density at radius 1 is 1.03 bits per heavy atom. The first-order valence-electron chi connectivity index (χ1n) is 12.4. The molecule has 10 nitrogen and oxygen atoms in total. The fourth-order valence-electron chi connectivity index (χ4n) is 5.27. The van der Waals surface area contributed by atoms with Crippen molar-refractivity contribution in [3.63, 3.8) is 0 Å². The van der Waals surface area contributed by atoms with Gasteiger partial charge in [0.25, 0.3) is 0 Å². The topological polar surface area (TPSA) is 120 Å². The molecule has 190 valence electrons. The summed E-state index contributed by atoms with van der Waals surface area (Å²) in [6, 6.07) is 5.46. The summed E-state index contributed by atoms with van der Waals surface area (Å²) >= 11 is 0. The molecule has 10 heteroatoms. The van der Waals surface area contributed by atoms with Crippen LogP contribution >= 0.6 is 0 Å². The Kier molecular flexibility index (Phi) is 7.47. The molecule has 0 radical (unpaired) electrons. The van der Waals surface area contributed by atoms with Gasteiger partial charge in [0.15, 0.2) is 0 Å². The molecule has 0 spiro atoms. The number of nitrogens with zero attached hydrogens (tertiary/aromatic N) is 2. The zero-order valence-corrected chi connectivity index (χ0v) is 20.6. The van der Waals surface area contributed by atoms with Crippen LogP contribution in [0.15, 0.2) is 24.3 Å². The molecule has 0 aromatic heterocycles. The Morgan fingerprint density at radius 2 is 1.80 bits per heavy atom. The third kappa shape index (κ3) is 5.52. The van der Waals surface area contributed by atoms with E-state index in [-0.39, 0.29) is 48.4 Å². The zero-order chi connectivity index (χ0) is 25.1. The molecule has 3 heterocycles. The molecule has 35 heavy (non-hydrogen) atoms. The predicted molar refractivity (Wildman–Crippen MR) is 129 cm³/mol. The normalized spacial score (nSPS) is 26.1. The van der Waals surface area contributed by atoms with Crippen LogP contribution in [0.2, 0.25) is 0 Å². The zero-order valence-electron chi connectivity index (χ0n) is 20.6. The van der Waals surface area contributed by atoms with E-state index in [9.17, 15) is 19.2 Å². The van der Waals surface area contributed by atoms with Gasteiger partial charge in [-0.25, -0.2) is 4.79 Å². The van der Waals surface area contributed by atoms with E-state index in [1.807, 2.05) is 38.1 Å². The monoisotopic (exact) mass is 485 g/mol. The molecule has 2 saturated heterocycles. The van der Waals surface area contributed by atoms with Gasteiger partial charge in [-0.15, -0.1) is 0 Å². The van der Waals surface area contributed by atoms with Gasteiger partial charge in [-0.05, 0) is 39.2 Å². The highest BCUT2D eigenvalue weighted by molar-refractivity contribution is 5.93. The third-order valence-corrected chi connectivity index (χ3v) is 6.84. The van der Waals surface area contributed by atoms with Gasteiger partial charge in [-0.1, -0.05) is 18.2 Å². The largest absolute Gasteiger partial charge is 0.493 e. The number of carbonyl (C=O) groups is 4. The van der Waals surface area contributed by atoms with Gasteiger partial charge in [0, 0.05) is 37.5 Å². The van der Waals surface area contributed by atoms with Crippen LogP contribution in [0.25, 0.3) is 0 Å². The number of ether oxygens (including phenoxy) is 1. The summed E-state index contributed by atoms with van der Waals surface area (Å²) in [4.78, 5) is 54.9. The van der Waals surface area contributed by atoms with Crippen LogP contribution in [0.1, 0.15) is 58.1 Å². The van der Waals surface area contributed by atoms with Crippen LogP contribution < -0.4 is 20.7 Å². The Labute approximate surface area is 205 Å². The van der Waals surface area contributed by atoms with Gasteiger partial charge in [-0.2, -0.15) is 0 Å². The first-order chi connectivity index (χ1) is 16.7. The molecule has 2 fully saturated rings. The number of amides is 5. The van der Waals surface area contributed by atoms with E-state index in [0.29, 0.717) is 38.8 Å². The number of hydrogen-bond acceptors (Lipinski definition) is 5. The van der Waals surface area contributed by atoms with Crippen molar-refractivity contribution in [2.75, 3.05) is 19.7 Å². The molecular formula is C25H35N5O5. The molecule has 0 bridgehead atoms. The van der Waals surface area contributed by atoms with E-state index in [1.165, 1.54) is 6.92 Å². The van der Waals surface area contributed by atoms with Crippen LogP contribution in [-0.2, 0) is 14.4 Å². The fraction of sp³-hybridized carbons (Fsp3) is 0.600. The average molecular weight is 486 g/mol. The Balaban J connectivity index is 1.52. The number of para-hydroxylation sites is 1. The molecule has 0 unspecified atom stereocenters. The highest BCUT2D eigenvalue weighted by Crippen LogP contribution is 2.33. The quantitative estimate of drug-likeness (QED) is 0.594. The molecule has 1 aromatic rings. The lowest BCUT2D eigenvalue weighted by molar-refractivity contribution is -0.144. The predicted octanol–water partition coefficient (Wildman–Crippen LogP) is 1.31. The Hall–Kier alpha value is -3.30. The number of fused-ring (bicyclic) bond motifs is 2. The first-order valence-corrected chi connectivity index (χ1v) is 12.4. The number of hydrogen-bond donors (Lipinski definition) is 3. The first kappa shape index (κ1) is 24.8. The van der Waals surface area contributed by atoms with Crippen LogP contribution in [-0.4, -0.2) is 77.4 Å². The van der Waals surface area contributed by atoms with E-state index in [2.05, 4.69) is 16.0 Å². The van der Waals surface area contributed by atoms with Gasteiger partial charge >= 0.3 is 6.03 Å². The molecule has 4 rings (SSSR count). The van der Waals surface area contributed by atoms with Crippen molar-refractivity contribution in [3.8, 4) is 5.75 Å². The summed E-state index contributed by atoms with van der Waals surface area (Å²) in [7, 11) is 0.